The summed E-state index contributed by atoms with van der Waals surface area (Å²) in [5, 5.41) is 50.1. The molecule has 13 nitrogen and oxygen atoms in total. The van der Waals surface area contributed by atoms with E-state index in [0.717, 1.165) is 83.5 Å². The Kier molecular flexibility index (Phi) is 34.3. The Balaban J connectivity index is 2.49. The lowest BCUT2D eigenvalue weighted by Gasteiger charge is -2.41. The monoisotopic (exact) mass is 885 g/mol. The maximum absolute atomic E-state index is 12.8. The minimum absolute atomic E-state index is 0.0656. The highest BCUT2D eigenvalue weighted by Gasteiger charge is 2.51. The van der Waals surface area contributed by atoms with Crippen LogP contribution in [0.5, 0.6) is 0 Å². The normalized spacial score (nSPS) is 22.6. The number of allylic oxidation sites excluding steroid dienone is 10. The second kappa shape index (κ2) is 37.0. The molecule has 0 aliphatic heterocycles. The van der Waals surface area contributed by atoms with E-state index in [9.17, 15) is 44.6 Å². The molecule has 61 heavy (non-hydrogen) atoms. The summed E-state index contributed by atoms with van der Waals surface area (Å²) >= 11 is 0. The minimum Gasteiger partial charge on any atom is -0.462 e. The predicted octanol–water partition coefficient (Wildman–Crippen LogP) is 8.94. The molecule has 0 spiro atoms. The molecule has 352 valence electrons. The number of phosphoric acid groups is 1. The molecule has 6 N–H and O–H groups in total. The number of aliphatic hydroxyl groups excluding tert-OH is 5. The summed E-state index contributed by atoms with van der Waals surface area (Å²) in [5.41, 5.74) is 0. The third-order valence-corrected chi connectivity index (χ3v) is 11.3. The summed E-state index contributed by atoms with van der Waals surface area (Å²) < 4.78 is 33.5. The second-order valence-electron chi connectivity index (χ2n) is 15.9. The van der Waals surface area contributed by atoms with E-state index >= 15 is 0 Å². The van der Waals surface area contributed by atoms with E-state index in [4.69, 9.17) is 18.5 Å². The Labute approximate surface area is 366 Å². The van der Waals surface area contributed by atoms with Gasteiger partial charge in [0.1, 0.15) is 43.2 Å². The predicted molar refractivity (Wildman–Crippen MR) is 239 cm³/mol. The lowest BCUT2D eigenvalue weighted by molar-refractivity contribution is -0.220. The van der Waals surface area contributed by atoms with Gasteiger partial charge >= 0.3 is 19.8 Å². The third kappa shape index (κ3) is 29.5. The number of hydrogen-bond donors (Lipinski definition) is 6. The zero-order chi connectivity index (χ0) is 45.0. The van der Waals surface area contributed by atoms with Crippen molar-refractivity contribution in [3.05, 3.63) is 60.8 Å². The summed E-state index contributed by atoms with van der Waals surface area (Å²) in [4.78, 5) is 35.7. The van der Waals surface area contributed by atoms with Crippen molar-refractivity contribution in [2.24, 2.45) is 0 Å². The van der Waals surface area contributed by atoms with Gasteiger partial charge in [0.15, 0.2) is 6.10 Å². The molecule has 1 aliphatic carbocycles. The second-order valence-corrected chi connectivity index (χ2v) is 17.3. The van der Waals surface area contributed by atoms with Crippen LogP contribution < -0.4 is 0 Å². The first kappa shape index (κ1) is 56.6. The molecule has 1 saturated carbocycles. The van der Waals surface area contributed by atoms with E-state index < -0.39 is 75.7 Å². The molecule has 0 aromatic carbocycles. The van der Waals surface area contributed by atoms with Gasteiger partial charge in [-0.3, -0.25) is 18.6 Å². The van der Waals surface area contributed by atoms with Crippen molar-refractivity contribution in [2.75, 3.05) is 13.2 Å². The summed E-state index contributed by atoms with van der Waals surface area (Å²) in [6.45, 7) is 3.14. The molecule has 0 heterocycles. The van der Waals surface area contributed by atoms with Gasteiger partial charge < -0.3 is 39.9 Å². The summed E-state index contributed by atoms with van der Waals surface area (Å²) in [6, 6.07) is 0. The Morgan fingerprint density at radius 2 is 0.934 bits per heavy atom. The van der Waals surface area contributed by atoms with Crippen LogP contribution in [0.15, 0.2) is 60.8 Å². The van der Waals surface area contributed by atoms with Gasteiger partial charge in [-0.25, -0.2) is 4.57 Å². The molecule has 8 atom stereocenters. The Bertz CT molecular complexity index is 1300. The SMILES string of the molecule is CCC=CCC=CCC=CCC=CCCCCCCC(=O)O[C@H](COC(=O)CCCCCCCCCC=CCCCCCC)COP(=O)(O)OC1C(O)C(O)C(O)[C@@H](O)C1O. The number of unbranched alkanes of at least 4 members (excludes halogenated alkanes) is 15. The quantitative estimate of drug-likeness (QED) is 0.0149. The summed E-state index contributed by atoms with van der Waals surface area (Å²) in [5.74, 6) is -1.14. The standard InChI is InChI=1S/C47H81O13P/c1-3-5-7-9-11-13-15-17-19-20-22-24-26-28-30-32-34-36-41(49)59-39(38-58-61(55,56)60-47-45(53)43(51)42(50)44(52)46(47)54)37-57-40(48)35-33-31-29-27-25-23-21-18-16-14-12-10-8-6-4-2/h5,7,11,13-14,16-17,19,22,24,39,42-47,50-54H,3-4,6,8-10,12,15,18,20-21,23,25-38H2,1-2H3,(H,55,56)/t39-,42?,43-,44?,45?,46?,47?/m1/s1. The van der Waals surface area contributed by atoms with Gasteiger partial charge in [-0.1, -0.05) is 139 Å². The van der Waals surface area contributed by atoms with Crippen molar-refractivity contribution in [1.29, 1.82) is 0 Å². The van der Waals surface area contributed by atoms with Crippen molar-refractivity contribution < 1.29 is 63.1 Å². The molecule has 1 rings (SSSR count). The van der Waals surface area contributed by atoms with Crippen molar-refractivity contribution >= 4 is 19.8 Å². The van der Waals surface area contributed by atoms with Gasteiger partial charge in [-0.15, -0.1) is 0 Å². The van der Waals surface area contributed by atoms with Gasteiger partial charge in [0.2, 0.25) is 0 Å². The molecule has 0 amide bonds. The fraction of sp³-hybridized carbons (Fsp3) is 0.745. The van der Waals surface area contributed by atoms with Gasteiger partial charge in [0.05, 0.1) is 6.61 Å². The van der Waals surface area contributed by atoms with Crippen LogP contribution in [0.4, 0.5) is 0 Å². The zero-order valence-corrected chi connectivity index (χ0v) is 38.1. The van der Waals surface area contributed by atoms with Crippen molar-refractivity contribution in [3.63, 3.8) is 0 Å². The number of carbonyl (C=O) groups excluding carboxylic acids is 2. The minimum atomic E-state index is -5.13. The fourth-order valence-corrected chi connectivity index (χ4v) is 7.60. The number of phosphoric ester groups is 1. The molecular formula is C47H81O13P. The molecule has 0 bridgehead atoms. The van der Waals surface area contributed by atoms with E-state index in [1.165, 1.54) is 44.9 Å². The lowest BCUT2D eigenvalue weighted by atomic mass is 9.85. The molecule has 1 fully saturated rings. The van der Waals surface area contributed by atoms with Crippen molar-refractivity contribution in [2.45, 2.75) is 211 Å². The van der Waals surface area contributed by atoms with Gasteiger partial charge in [-0.2, -0.15) is 0 Å². The number of carbonyl (C=O) groups is 2. The topological polar surface area (TPSA) is 210 Å². The van der Waals surface area contributed by atoms with E-state index in [1.807, 2.05) is 0 Å². The van der Waals surface area contributed by atoms with E-state index in [2.05, 4.69) is 74.6 Å². The van der Waals surface area contributed by atoms with Crippen molar-refractivity contribution in [3.8, 4) is 0 Å². The van der Waals surface area contributed by atoms with Crippen LogP contribution in [0, 0.1) is 0 Å². The Morgan fingerprint density at radius 3 is 1.44 bits per heavy atom. The maximum Gasteiger partial charge on any atom is 0.472 e. The van der Waals surface area contributed by atoms with E-state index in [0.29, 0.717) is 12.8 Å². The van der Waals surface area contributed by atoms with Crippen LogP contribution in [-0.2, 0) is 32.7 Å². The van der Waals surface area contributed by atoms with Gasteiger partial charge in [0, 0.05) is 12.8 Å². The summed E-state index contributed by atoms with van der Waals surface area (Å²) in [7, 11) is -5.13. The average molecular weight is 885 g/mol. The fourth-order valence-electron chi connectivity index (χ4n) is 6.62. The molecule has 0 aromatic heterocycles. The first-order valence-corrected chi connectivity index (χ1v) is 24.6. The van der Waals surface area contributed by atoms with Gasteiger partial charge in [-0.05, 0) is 77.0 Å². The van der Waals surface area contributed by atoms with Gasteiger partial charge in [0.25, 0.3) is 0 Å². The highest BCUT2D eigenvalue weighted by Crippen LogP contribution is 2.47. The summed E-state index contributed by atoms with van der Waals surface area (Å²) in [6.07, 6.45) is 31.3. The smallest absolute Gasteiger partial charge is 0.462 e. The number of esters is 2. The molecular weight excluding hydrogens is 803 g/mol. The Morgan fingerprint density at radius 1 is 0.525 bits per heavy atom. The maximum atomic E-state index is 12.8. The number of aliphatic hydroxyl groups is 5. The molecule has 14 heteroatoms. The van der Waals surface area contributed by atoms with Crippen molar-refractivity contribution in [1.82, 2.24) is 0 Å². The molecule has 1 aliphatic rings. The van der Waals surface area contributed by atoms with Crippen LogP contribution in [0.25, 0.3) is 0 Å². The highest BCUT2D eigenvalue weighted by atomic mass is 31.2. The molecule has 0 aromatic rings. The van der Waals surface area contributed by atoms with Crippen LogP contribution in [0.3, 0.4) is 0 Å². The highest BCUT2D eigenvalue weighted by molar-refractivity contribution is 7.47. The van der Waals surface area contributed by atoms with Crippen LogP contribution in [-0.4, -0.2) is 98.3 Å². The molecule has 0 radical (unpaired) electrons. The average Bonchev–Trinajstić information content (AvgIpc) is 3.24. The number of rotatable bonds is 37. The number of ether oxygens (including phenoxy) is 2. The lowest BCUT2D eigenvalue weighted by Crippen LogP contribution is -2.64. The largest absolute Gasteiger partial charge is 0.472 e. The molecule has 0 saturated heterocycles. The first-order valence-electron chi connectivity index (χ1n) is 23.1. The zero-order valence-electron chi connectivity index (χ0n) is 37.2. The number of hydrogen-bond acceptors (Lipinski definition) is 12. The first-order chi connectivity index (χ1) is 29.4. The molecule has 6 unspecified atom stereocenters. The Hall–Kier alpha value is -2.45. The van der Waals surface area contributed by atoms with Crippen LogP contribution in [0.2, 0.25) is 0 Å². The third-order valence-electron chi connectivity index (χ3n) is 10.3. The van der Waals surface area contributed by atoms with E-state index in [-0.39, 0.29) is 12.8 Å². The van der Waals surface area contributed by atoms with Crippen LogP contribution >= 0.6 is 7.82 Å². The van der Waals surface area contributed by atoms with Crippen LogP contribution in [0.1, 0.15) is 168 Å². The van der Waals surface area contributed by atoms with E-state index in [1.54, 1.807) is 0 Å².